The normalized spacial score (nSPS) is 48.9. The van der Waals surface area contributed by atoms with Crippen LogP contribution < -0.4 is 0 Å². The van der Waals surface area contributed by atoms with Crippen LogP contribution in [0.25, 0.3) is 0 Å². The number of hydrogen-bond acceptors (Lipinski definition) is 2. The van der Waals surface area contributed by atoms with Crippen molar-refractivity contribution in [3.63, 3.8) is 0 Å². The molecule has 0 spiro atoms. The Kier molecular flexibility index (Phi) is 6.23. The Hall–Kier alpha value is -0.380. The van der Waals surface area contributed by atoms with Crippen molar-refractivity contribution in [2.24, 2.45) is 46.3 Å². The minimum Gasteiger partial charge on any atom is -0.393 e. The molecular weight excluding hydrogens is 372 g/mol. The van der Waals surface area contributed by atoms with Gasteiger partial charge in [-0.25, -0.2) is 0 Å². The van der Waals surface area contributed by atoms with E-state index in [1.807, 2.05) is 0 Å². The van der Waals surface area contributed by atoms with Crippen LogP contribution >= 0.6 is 0 Å². The molecule has 30 heavy (non-hydrogen) atoms. The number of rotatable bonds is 6. The summed E-state index contributed by atoms with van der Waals surface area (Å²) < 4.78 is 0. The zero-order valence-corrected chi connectivity index (χ0v) is 20.0. The third kappa shape index (κ3) is 3.42. The summed E-state index contributed by atoms with van der Waals surface area (Å²) in [6, 6.07) is 0. The van der Waals surface area contributed by atoms with Gasteiger partial charge in [-0.05, 0) is 84.7 Å². The molecule has 1 N–H and O–H groups in total. The van der Waals surface area contributed by atoms with Crippen molar-refractivity contribution in [3.8, 4) is 0 Å². The third-order valence-corrected chi connectivity index (χ3v) is 10.6. The van der Waals surface area contributed by atoms with Crippen LogP contribution in [-0.4, -0.2) is 16.8 Å². The number of aliphatic hydroxyl groups excluding tert-OH is 1. The van der Waals surface area contributed by atoms with E-state index >= 15 is 0 Å². The molecule has 3 saturated carbocycles. The third-order valence-electron chi connectivity index (χ3n) is 10.6. The van der Waals surface area contributed by atoms with E-state index in [0.717, 1.165) is 36.5 Å². The van der Waals surface area contributed by atoms with Gasteiger partial charge in [-0.3, -0.25) is 0 Å². The van der Waals surface area contributed by atoms with Crippen LogP contribution in [-0.2, 0) is 10.1 Å². The van der Waals surface area contributed by atoms with Crippen LogP contribution in [0.2, 0.25) is 0 Å². The monoisotopic (exact) mass is 417 g/mol. The molecule has 1 unspecified atom stereocenters. The van der Waals surface area contributed by atoms with Crippen molar-refractivity contribution in [2.75, 3.05) is 0 Å². The maximum atomic E-state index is 12.0. The molecule has 0 aromatic heterocycles. The molecule has 4 rings (SSSR count). The lowest BCUT2D eigenvalue weighted by Crippen LogP contribution is -2.61. The van der Waals surface area contributed by atoms with Crippen molar-refractivity contribution in [1.29, 1.82) is 0 Å². The van der Waals surface area contributed by atoms with Crippen LogP contribution in [0.1, 0.15) is 98.8 Å². The van der Waals surface area contributed by atoms with Gasteiger partial charge in [0.15, 0.2) is 0 Å². The lowest BCUT2D eigenvalue weighted by molar-refractivity contribution is -0.402. The molecule has 1 radical (unpaired) electrons. The summed E-state index contributed by atoms with van der Waals surface area (Å²) in [6.45, 7) is 12.1. The van der Waals surface area contributed by atoms with Crippen molar-refractivity contribution < 1.29 is 15.3 Å². The van der Waals surface area contributed by atoms with E-state index < -0.39 is 11.7 Å². The molecule has 3 nitrogen and oxygen atoms in total. The number of fused-ring (bicyclic) bond motifs is 5. The number of allylic oxidation sites excluding steroid dienone is 1. The first-order valence-electron chi connectivity index (χ1n) is 12.9. The molecule has 9 atom stereocenters. The first-order valence-corrected chi connectivity index (χ1v) is 12.9. The lowest BCUT2D eigenvalue weighted by atomic mass is 9.45. The summed E-state index contributed by atoms with van der Waals surface area (Å²) in [5.41, 5.74) is -0.525. The number of aliphatic hydroxyl groups is 1. The zero-order chi connectivity index (χ0) is 21.7. The highest BCUT2D eigenvalue weighted by atomic mass is 17.1. The van der Waals surface area contributed by atoms with Gasteiger partial charge in [0.2, 0.25) is 0 Å². The van der Waals surface area contributed by atoms with E-state index in [0.29, 0.717) is 23.7 Å². The minimum absolute atomic E-state index is 0.143. The van der Waals surface area contributed by atoms with Gasteiger partial charge in [0.1, 0.15) is 5.60 Å². The highest BCUT2D eigenvalue weighted by molar-refractivity contribution is 5.25. The Morgan fingerprint density at radius 3 is 2.50 bits per heavy atom. The Morgan fingerprint density at radius 2 is 1.80 bits per heavy atom. The van der Waals surface area contributed by atoms with Crippen LogP contribution in [0.5, 0.6) is 0 Å². The second kappa shape index (κ2) is 8.19. The average molecular weight is 418 g/mol. The first kappa shape index (κ1) is 22.8. The Morgan fingerprint density at radius 1 is 1.03 bits per heavy atom. The fraction of sp³-hybridized carbons (Fsp3) is 0.926. The molecule has 171 valence electrons. The molecule has 0 amide bonds. The van der Waals surface area contributed by atoms with Crippen LogP contribution in [0.15, 0.2) is 12.2 Å². The maximum Gasteiger partial charge on any atom is 0.133 e. The highest BCUT2D eigenvalue weighted by Crippen LogP contribution is 2.68. The fourth-order valence-corrected chi connectivity index (χ4v) is 8.78. The quantitative estimate of drug-likeness (QED) is 0.296. The van der Waals surface area contributed by atoms with Gasteiger partial charge in [-0.15, -0.1) is 0 Å². The predicted octanol–water partition coefficient (Wildman–Crippen LogP) is 6.73. The Bertz CT molecular complexity index is 644. The van der Waals surface area contributed by atoms with Gasteiger partial charge in [0.25, 0.3) is 0 Å². The summed E-state index contributed by atoms with van der Waals surface area (Å²) in [4.78, 5) is 4.97. The van der Waals surface area contributed by atoms with Crippen molar-refractivity contribution in [3.05, 3.63) is 12.2 Å². The predicted molar refractivity (Wildman–Crippen MR) is 120 cm³/mol. The molecule has 0 aromatic carbocycles. The van der Waals surface area contributed by atoms with Crippen LogP contribution in [0.3, 0.4) is 0 Å². The van der Waals surface area contributed by atoms with E-state index in [1.54, 1.807) is 0 Å². The second-order valence-corrected chi connectivity index (χ2v) is 12.5. The molecule has 0 bridgehead atoms. The van der Waals surface area contributed by atoms with Gasteiger partial charge in [-0.1, -0.05) is 66.0 Å². The summed E-state index contributed by atoms with van der Waals surface area (Å²) in [5, 5.41) is 22.3. The molecule has 0 heterocycles. The van der Waals surface area contributed by atoms with Gasteiger partial charge >= 0.3 is 0 Å². The maximum absolute atomic E-state index is 12.0. The minimum atomic E-state index is -0.818. The number of hydrogen-bond donors (Lipinski definition) is 1. The van der Waals surface area contributed by atoms with Crippen LogP contribution in [0, 0.1) is 46.3 Å². The van der Waals surface area contributed by atoms with Gasteiger partial charge < -0.3 is 5.11 Å². The SMILES string of the molecule is CC(C)CCC[C@@H](C)[C@H]1CC[C@H]2[C@@H]3C=CC4(O[O])C[C@@H](O)CC[C@]4(C)[C@H]3CC[C@]12C. The molecule has 4 aliphatic carbocycles. The van der Waals surface area contributed by atoms with E-state index in [4.69, 9.17) is 4.89 Å². The standard InChI is InChI=1S/C27H45O3/c1-18(2)7-6-8-19(3)22-9-10-23-21-12-16-27(30-29)17-20(28)11-15-26(27,5)24(21)13-14-25(22,23)4/h12,16,18-24,28H,6-11,13-15,17H2,1-5H3/t19-,20+,21+,22-,23+,24+,25-,26-,27?/m1/s1. The second-order valence-electron chi connectivity index (χ2n) is 12.5. The van der Waals surface area contributed by atoms with Crippen molar-refractivity contribution in [2.45, 2.75) is 111 Å². The topological polar surface area (TPSA) is 49.4 Å². The molecule has 0 aliphatic heterocycles. The largest absolute Gasteiger partial charge is 0.393 e. The molecular formula is C27H45O3. The molecule has 3 heteroatoms. The summed E-state index contributed by atoms with van der Waals surface area (Å²) in [6.07, 6.45) is 15.5. The molecule has 0 saturated heterocycles. The highest BCUT2D eigenvalue weighted by Gasteiger charge is 2.64. The van der Waals surface area contributed by atoms with Gasteiger partial charge in [-0.2, -0.15) is 4.89 Å². The molecule has 0 aromatic rings. The summed E-state index contributed by atoms with van der Waals surface area (Å²) in [5.74, 6) is 4.28. The molecule has 4 aliphatic rings. The molecule has 3 fully saturated rings. The zero-order valence-electron chi connectivity index (χ0n) is 20.0. The summed E-state index contributed by atoms with van der Waals surface area (Å²) >= 11 is 0. The van der Waals surface area contributed by atoms with Crippen molar-refractivity contribution >= 4 is 0 Å². The Balaban J connectivity index is 1.55. The van der Waals surface area contributed by atoms with E-state index in [-0.39, 0.29) is 5.41 Å². The summed E-state index contributed by atoms with van der Waals surface area (Å²) in [7, 11) is 0. The lowest BCUT2D eigenvalue weighted by Gasteiger charge is -2.61. The van der Waals surface area contributed by atoms with E-state index in [1.165, 1.54) is 44.9 Å². The first-order chi connectivity index (χ1) is 14.2. The smallest absolute Gasteiger partial charge is 0.133 e. The fourth-order valence-electron chi connectivity index (χ4n) is 8.78. The van der Waals surface area contributed by atoms with Gasteiger partial charge in [0.05, 0.1) is 6.10 Å². The van der Waals surface area contributed by atoms with Gasteiger partial charge in [0, 0.05) is 11.8 Å². The van der Waals surface area contributed by atoms with E-state index in [2.05, 4.69) is 46.8 Å². The average Bonchev–Trinajstić information content (AvgIpc) is 3.05. The van der Waals surface area contributed by atoms with Crippen molar-refractivity contribution in [1.82, 2.24) is 0 Å². The van der Waals surface area contributed by atoms with E-state index in [9.17, 15) is 10.4 Å². The van der Waals surface area contributed by atoms with Crippen LogP contribution in [0.4, 0.5) is 0 Å². The Labute approximate surface area is 184 Å².